The van der Waals surface area contributed by atoms with Crippen LogP contribution in [0.25, 0.3) is 10.9 Å². The molecule has 6 N–H and O–H groups in total. The van der Waals surface area contributed by atoms with Gasteiger partial charge in [-0.05, 0) is 12.5 Å². The Morgan fingerprint density at radius 2 is 2.14 bits per heavy atom. The van der Waals surface area contributed by atoms with Crippen LogP contribution in [0.2, 0.25) is 0 Å². The highest BCUT2D eigenvalue weighted by molar-refractivity contribution is 6.03. The number of carbonyl (C=O) groups excluding carboxylic acids is 1. The number of carboxylic acid groups (broad SMARTS) is 1. The largest absolute Gasteiger partial charge is 0.491 e. The van der Waals surface area contributed by atoms with Crippen molar-refractivity contribution in [2.24, 2.45) is 11.5 Å². The molecule has 0 fully saturated rings. The molecule has 0 aliphatic rings. The maximum Gasteiger partial charge on any atom is 0.320 e. The Morgan fingerprint density at radius 3 is 2.64 bits per heavy atom. The topological polar surface area (TPSA) is 144 Å². The second-order valence-electron chi connectivity index (χ2n) is 4.79. The molecule has 0 spiro atoms. The molecule has 0 saturated carbocycles. The van der Waals surface area contributed by atoms with Gasteiger partial charge in [-0.15, -0.1) is 0 Å². The van der Waals surface area contributed by atoms with E-state index in [0.717, 1.165) is 0 Å². The molecule has 1 aromatic heterocycles. The summed E-state index contributed by atoms with van der Waals surface area (Å²) in [5, 5.41) is 15.8. The average molecular weight is 310 g/mol. The number of aryl methyl sites for hydroxylation is 1. The van der Waals surface area contributed by atoms with Gasteiger partial charge in [0.2, 0.25) is 0 Å². The maximum absolute atomic E-state index is 14.3. The highest BCUT2D eigenvalue weighted by Gasteiger charge is 2.26. The van der Waals surface area contributed by atoms with Crippen LogP contribution >= 0.6 is 0 Å². The van der Waals surface area contributed by atoms with Gasteiger partial charge in [0, 0.05) is 17.5 Å². The normalized spacial score (nSPS) is 12.4. The SMILES string of the molecule is COc1c(F)c(C(N)=O)c(C)c2c(CC(N)C(=O)O)[nH]nc12. The van der Waals surface area contributed by atoms with E-state index in [1.54, 1.807) is 0 Å². The molecule has 0 bridgehead atoms. The highest BCUT2D eigenvalue weighted by Crippen LogP contribution is 2.35. The Hall–Kier alpha value is -2.68. The quantitative estimate of drug-likeness (QED) is 0.615. The van der Waals surface area contributed by atoms with Crippen molar-refractivity contribution in [2.75, 3.05) is 7.11 Å². The molecule has 1 atom stereocenters. The van der Waals surface area contributed by atoms with Crippen LogP contribution in [-0.4, -0.2) is 40.3 Å². The molecule has 8 nitrogen and oxygen atoms in total. The number of aromatic amines is 1. The number of benzene rings is 1. The number of aliphatic carboxylic acids is 1. The van der Waals surface area contributed by atoms with Crippen molar-refractivity contribution in [2.45, 2.75) is 19.4 Å². The minimum absolute atomic E-state index is 0.0698. The van der Waals surface area contributed by atoms with Crippen LogP contribution in [-0.2, 0) is 11.2 Å². The number of H-pyrrole nitrogens is 1. The lowest BCUT2D eigenvalue weighted by molar-refractivity contribution is -0.138. The van der Waals surface area contributed by atoms with E-state index >= 15 is 0 Å². The van der Waals surface area contributed by atoms with E-state index in [0.29, 0.717) is 11.1 Å². The fourth-order valence-electron chi connectivity index (χ4n) is 2.39. The molecule has 22 heavy (non-hydrogen) atoms. The summed E-state index contributed by atoms with van der Waals surface area (Å²) in [7, 11) is 1.23. The third-order valence-corrected chi connectivity index (χ3v) is 3.42. The summed E-state index contributed by atoms with van der Waals surface area (Å²) < 4.78 is 19.3. The summed E-state index contributed by atoms with van der Waals surface area (Å²) in [5.74, 6) is -3.28. The number of halogens is 1. The number of nitrogens with zero attached hydrogens (tertiary/aromatic N) is 1. The van der Waals surface area contributed by atoms with Crippen molar-refractivity contribution in [3.8, 4) is 5.75 Å². The van der Waals surface area contributed by atoms with E-state index in [1.807, 2.05) is 0 Å². The summed E-state index contributed by atoms with van der Waals surface area (Å²) >= 11 is 0. The Morgan fingerprint density at radius 1 is 1.50 bits per heavy atom. The lowest BCUT2D eigenvalue weighted by Crippen LogP contribution is -2.32. The van der Waals surface area contributed by atoms with Gasteiger partial charge >= 0.3 is 5.97 Å². The number of hydrogen-bond donors (Lipinski definition) is 4. The zero-order valence-electron chi connectivity index (χ0n) is 11.9. The predicted molar refractivity (Wildman–Crippen MR) is 75.2 cm³/mol. The number of ether oxygens (including phenoxy) is 1. The monoisotopic (exact) mass is 310 g/mol. The first kappa shape index (κ1) is 15.7. The van der Waals surface area contributed by atoms with Crippen molar-refractivity contribution < 1.29 is 23.8 Å². The van der Waals surface area contributed by atoms with Crippen LogP contribution < -0.4 is 16.2 Å². The van der Waals surface area contributed by atoms with E-state index < -0.39 is 23.7 Å². The molecule has 0 aliphatic carbocycles. The van der Waals surface area contributed by atoms with Crippen LogP contribution in [0, 0.1) is 12.7 Å². The lowest BCUT2D eigenvalue weighted by Gasteiger charge is -2.11. The molecule has 9 heteroatoms. The summed E-state index contributed by atoms with van der Waals surface area (Å²) in [6, 6.07) is -1.17. The first-order valence-corrected chi connectivity index (χ1v) is 6.30. The van der Waals surface area contributed by atoms with Gasteiger partial charge in [0.15, 0.2) is 11.6 Å². The summed E-state index contributed by atoms with van der Waals surface area (Å²) in [4.78, 5) is 22.4. The number of primary amides is 1. The number of fused-ring (bicyclic) bond motifs is 1. The molecule has 1 unspecified atom stereocenters. The van der Waals surface area contributed by atoms with Crippen LogP contribution in [0.3, 0.4) is 0 Å². The van der Waals surface area contributed by atoms with Gasteiger partial charge in [-0.1, -0.05) is 0 Å². The molecule has 1 heterocycles. The van der Waals surface area contributed by atoms with Crippen molar-refractivity contribution in [1.29, 1.82) is 0 Å². The number of rotatable bonds is 5. The van der Waals surface area contributed by atoms with Gasteiger partial charge in [-0.2, -0.15) is 5.10 Å². The minimum Gasteiger partial charge on any atom is -0.491 e. The Kier molecular flexibility index (Phi) is 4.00. The van der Waals surface area contributed by atoms with Crippen LogP contribution in [0.5, 0.6) is 5.75 Å². The minimum atomic E-state index is -1.19. The van der Waals surface area contributed by atoms with E-state index in [-0.39, 0.29) is 28.8 Å². The summed E-state index contributed by atoms with van der Waals surface area (Å²) in [6.07, 6.45) is -0.0698. The second-order valence-corrected chi connectivity index (χ2v) is 4.79. The molecule has 0 aliphatic heterocycles. The van der Waals surface area contributed by atoms with Crippen molar-refractivity contribution in [3.05, 3.63) is 22.6 Å². The predicted octanol–water partition coefficient (Wildman–Crippen LogP) is 0.0723. The van der Waals surface area contributed by atoms with Gasteiger partial charge in [-0.25, -0.2) is 4.39 Å². The molecule has 1 aromatic carbocycles. The highest BCUT2D eigenvalue weighted by atomic mass is 19.1. The molecule has 2 aromatic rings. The van der Waals surface area contributed by atoms with Gasteiger partial charge < -0.3 is 21.3 Å². The van der Waals surface area contributed by atoms with Gasteiger partial charge in [-0.3, -0.25) is 14.7 Å². The number of methoxy groups -OCH3 is 1. The van der Waals surface area contributed by atoms with Crippen LogP contribution in [0.1, 0.15) is 21.6 Å². The second kappa shape index (κ2) is 5.60. The van der Waals surface area contributed by atoms with Gasteiger partial charge in [0.25, 0.3) is 5.91 Å². The Labute approximate surface area is 124 Å². The summed E-state index contributed by atoms with van der Waals surface area (Å²) in [5.41, 5.74) is 11.2. The number of amides is 1. The lowest BCUT2D eigenvalue weighted by atomic mass is 9.98. The third kappa shape index (κ3) is 2.35. The van der Waals surface area contributed by atoms with Crippen LogP contribution in [0.15, 0.2) is 0 Å². The number of hydrogen-bond acceptors (Lipinski definition) is 5. The van der Waals surface area contributed by atoms with E-state index in [9.17, 15) is 14.0 Å². The maximum atomic E-state index is 14.3. The first-order chi connectivity index (χ1) is 10.3. The Balaban J connectivity index is 2.76. The molecule has 118 valence electrons. The molecular weight excluding hydrogens is 295 g/mol. The van der Waals surface area contributed by atoms with Crippen LogP contribution in [0.4, 0.5) is 4.39 Å². The van der Waals surface area contributed by atoms with E-state index in [1.165, 1.54) is 14.0 Å². The molecule has 0 radical (unpaired) electrons. The van der Waals surface area contributed by atoms with Crippen molar-refractivity contribution >= 4 is 22.8 Å². The van der Waals surface area contributed by atoms with E-state index in [2.05, 4.69) is 10.2 Å². The molecule has 1 amide bonds. The smallest absolute Gasteiger partial charge is 0.320 e. The molecule has 0 saturated heterocycles. The first-order valence-electron chi connectivity index (χ1n) is 6.30. The van der Waals surface area contributed by atoms with Crippen molar-refractivity contribution in [3.63, 3.8) is 0 Å². The fourth-order valence-corrected chi connectivity index (χ4v) is 2.39. The number of nitrogens with one attached hydrogen (secondary N) is 1. The van der Waals surface area contributed by atoms with Gasteiger partial charge in [0.1, 0.15) is 11.6 Å². The molecule has 2 rings (SSSR count). The number of nitrogens with two attached hydrogens (primary N) is 2. The standard InChI is InChI=1S/C13H15FN4O4/c1-4-7-6(3-5(15)13(20)21)17-18-10(7)11(22-2)9(14)8(4)12(16)19/h5H,3,15H2,1-2H3,(H2,16,19)(H,17,18)(H,20,21). The van der Waals surface area contributed by atoms with Gasteiger partial charge in [0.05, 0.1) is 12.7 Å². The summed E-state index contributed by atoms with van der Waals surface area (Å²) in [6.45, 7) is 1.50. The fraction of sp³-hybridized carbons (Fsp3) is 0.308. The zero-order valence-corrected chi connectivity index (χ0v) is 11.9. The average Bonchev–Trinajstić information content (AvgIpc) is 2.82. The molecular formula is C13H15FN4O4. The Bertz CT molecular complexity index is 771. The van der Waals surface area contributed by atoms with Crippen molar-refractivity contribution in [1.82, 2.24) is 10.2 Å². The number of aromatic nitrogens is 2. The van der Waals surface area contributed by atoms with E-state index in [4.69, 9.17) is 21.3 Å². The third-order valence-electron chi connectivity index (χ3n) is 3.42. The zero-order chi connectivity index (χ0) is 16.6. The number of carboxylic acids is 1. The number of carbonyl (C=O) groups is 2.